The van der Waals surface area contributed by atoms with E-state index in [4.69, 9.17) is 24.2 Å². The summed E-state index contributed by atoms with van der Waals surface area (Å²) in [4.78, 5) is 46.0. The van der Waals surface area contributed by atoms with Crippen molar-refractivity contribution in [2.75, 3.05) is 26.5 Å². The molecule has 6 rings (SSSR count). The molecule has 6 unspecified atom stereocenters. The Balaban J connectivity index is 1.24. The molecular weight excluding hydrogens is 558 g/mol. The summed E-state index contributed by atoms with van der Waals surface area (Å²) in [6, 6.07) is 13.8. The first-order valence-electron chi connectivity index (χ1n) is 14.5. The molecule has 3 heterocycles. The van der Waals surface area contributed by atoms with Gasteiger partial charge >= 0.3 is 5.97 Å². The van der Waals surface area contributed by atoms with Gasteiger partial charge in [0.2, 0.25) is 11.8 Å². The van der Waals surface area contributed by atoms with Crippen LogP contribution in [0.4, 0.5) is 0 Å². The zero-order chi connectivity index (χ0) is 30.0. The lowest BCUT2D eigenvalue weighted by molar-refractivity contribution is -0.201. The van der Waals surface area contributed by atoms with E-state index >= 15 is 0 Å². The number of hydrogen-bond donors (Lipinski definition) is 4. The highest BCUT2D eigenvalue weighted by atomic mass is 16.8. The van der Waals surface area contributed by atoms with Crippen LogP contribution in [0.1, 0.15) is 29.5 Å². The minimum atomic E-state index is -1.31. The number of phenolic OH excluding ortho intramolecular Hbond substituents is 1. The first-order chi connectivity index (χ1) is 20.9. The number of esters is 1. The van der Waals surface area contributed by atoms with Crippen molar-refractivity contribution in [2.24, 2.45) is 5.41 Å². The Morgan fingerprint density at radius 1 is 1.02 bits per heavy atom. The highest BCUT2D eigenvalue weighted by molar-refractivity contribution is 5.93. The van der Waals surface area contributed by atoms with Gasteiger partial charge in [-0.1, -0.05) is 54.6 Å². The van der Waals surface area contributed by atoms with Crippen LogP contribution in [0.25, 0.3) is 6.08 Å². The van der Waals surface area contributed by atoms with Crippen molar-refractivity contribution in [1.29, 1.82) is 0 Å². The van der Waals surface area contributed by atoms with E-state index in [1.54, 1.807) is 12.1 Å². The molecule has 228 valence electrons. The first-order valence-corrected chi connectivity index (χ1v) is 14.5. The van der Waals surface area contributed by atoms with Crippen molar-refractivity contribution in [1.82, 2.24) is 15.7 Å². The summed E-state index contributed by atoms with van der Waals surface area (Å²) in [7, 11) is 0. The lowest BCUT2D eigenvalue weighted by atomic mass is 9.62. The van der Waals surface area contributed by atoms with E-state index in [2.05, 4.69) is 10.6 Å². The van der Waals surface area contributed by atoms with Crippen molar-refractivity contribution >= 4 is 23.9 Å². The Labute approximate surface area is 248 Å². The maximum atomic E-state index is 14.0. The highest BCUT2D eigenvalue weighted by Crippen LogP contribution is 2.55. The van der Waals surface area contributed by atoms with Crippen LogP contribution >= 0.6 is 0 Å². The molecule has 12 nitrogen and oxygen atoms in total. The predicted molar refractivity (Wildman–Crippen MR) is 151 cm³/mol. The Morgan fingerprint density at radius 3 is 2.60 bits per heavy atom. The number of aliphatic hydroxyl groups excluding tert-OH is 1. The van der Waals surface area contributed by atoms with Crippen molar-refractivity contribution < 1.29 is 43.6 Å². The number of amides is 2. The maximum absolute atomic E-state index is 14.0. The normalized spacial score (nSPS) is 29.3. The molecule has 12 heteroatoms. The summed E-state index contributed by atoms with van der Waals surface area (Å²) in [6.45, 7) is 0.188. The summed E-state index contributed by atoms with van der Waals surface area (Å²) in [6.07, 6.45) is 2.01. The number of fused-ring (bicyclic) bond motifs is 4. The fraction of sp³-hybridized carbons (Fsp3) is 0.452. The Hall–Kier alpha value is -3.81. The molecule has 1 aliphatic carbocycles. The molecule has 0 aromatic heterocycles. The number of phenols is 1. The molecule has 6 atom stereocenters. The Bertz CT molecular complexity index is 1400. The number of nitrogens with zero attached hydrogens (tertiary/aromatic N) is 1. The second-order valence-electron chi connectivity index (χ2n) is 11.1. The van der Waals surface area contributed by atoms with Gasteiger partial charge in [0, 0.05) is 25.9 Å². The van der Waals surface area contributed by atoms with Gasteiger partial charge in [-0.05, 0) is 29.2 Å². The van der Waals surface area contributed by atoms with Crippen LogP contribution in [-0.2, 0) is 46.4 Å². The number of hydrogen-bond acceptors (Lipinski definition) is 10. The summed E-state index contributed by atoms with van der Waals surface area (Å²) in [5.41, 5.74) is 1.24. The maximum Gasteiger partial charge on any atom is 0.327 e. The van der Waals surface area contributed by atoms with E-state index in [0.29, 0.717) is 6.42 Å². The molecule has 4 N–H and O–H groups in total. The monoisotopic (exact) mass is 593 g/mol. The lowest BCUT2D eigenvalue weighted by Crippen LogP contribution is -2.69. The van der Waals surface area contributed by atoms with Crippen molar-refractivity contribution in [2.45, 2.75) is 56.3 Å². The average molecular weight is 594 g/mol. The molecule has 0 spiro atoms. The average Bonchev–Trinajstić information content (AvgIpc) is 3.63. The minimum Gasteiger partial charge on any atom is -0.508 e. The van der Waals surface area contributed by atoms with E-state index in [1.807, 2.05) is 48.6 Å². The summed E-state index contributed by atoms with van der Waals surface area (Å²) in [5.74, 6) is -1.06. The molecule has 2 aromatic rings. The van der Waals surface area contributed by atoms with Gasteiger partial charge in [-0.15, -0.1) is 0 Å². The van der Waals surface area contributed by atoms with E-state index < -0.39 is 47.7 Å². The van der Waals surface area contributed by atoms with Gasteiger partial charge in [-0.25, -0.2) is 0 Å². The van der Waals surface area contributed by atoms with Crippen LogP contribution in [0.3, 0.4) is 0 Å². The third-order valence-corrected chi connectivity index (χ3v) is 8.57. The largest absolute Gasteiger partial charge is 0.508 e. The van der Waals surface area contributed by atoms with Crippen molar-refractivity contribution in [3.05, 3.63) is 71.3 Å². The molecular formula is C31H35N3O9. The molecule has 1 saturated carbocycles. The zero-order valence-corrected chi connectivity index (χ0v) is 23.5. The Morgan fingerprint density at radius 2 is 1.79 bits per heavy atom. The topological polar surface area (TPSA) is 156 Å². The number of carbonyl (C=O) groups is 3. The molecule has 43 heavy (non-hydrogen) atoms. The zero-order valence-electron chi connectivity index (χ0n) is 23.5. The lowest BCUT2D eigenvalue weighted by Gasteiger charge is -2.48. The smallest absolute Gasteiger partial charge is 0.327 e. The first kappa shape index (κ1) is 29.3. The quantitative estimate of drug-likeness (QED) is 0.275. The van der Waals surface area contributed by atoms with Crippen LogP contribution in [-0.4, -0.2) is 90.0 Å². The number of ether oxygens (including phenoxy) is 3. The number of para-hydroxylation sites is 1. The van der Waals surface area contributed by atoms with E-state index in [9.17, 15) is 19.5 Å². The third kappa shape index (κ3) is 5.52. The summed E-state index contributed by atoms with van der Waals surface area (Å²) >= 11 is 0. The van der Waals surface area contributed by atoms with Crippen molar-refractivity contribution in [3.63, 3.8) is 0 Å². The fourth-order valence-electron chi connectivity index (χ4n) is 6.58. The second kappa shape index (κ2) is 12.4. The van der Waals surface area contributed by atoms with Crippen LogP contribution < -0.4 is 10.6 Å². The number of aliphatic hydroxyl groups is 1. The standard InChI is InChI=1S/C31H35N3O9/c35-15-14-32-24(37)12-13-33-30(39)31-16-23-25-26(41-18-40-25)28(31)43-34(27(31)29(38)42-23)17-21-8-2-1-6-19(21)9-5-10-20-7-3-4-11-22(20)36/h1-9,11,23,25-28,35-36H,10,12-18H2,(H,32,37)(H,33,39). The number of nitrogens with one attached hydrogen (secondary N) is 2. The molecule has 2 aromatic carbocycles. The molecule has 4 fully saturated rings. The molecule has 2 bridgehead atoms. The van der Waals surface area contributed by atoms with E-state index in [1.165, 1.54) is 5.06 Å². The SMILES string of the molecule is O=C(CCNC(=O)C12CC3OC(=O)C1N(Cc1ccccc1C=CCc1ccccc1O)OC2C1OCOC31)NCCO. The number of aromatic hydroxyl groups is 1. The van der Waals surface area contributed by atoms with Crippen LogP contribution in [0.2, 0.25) is 0 Å². The number of benzene rings is 2. The van der Waals surface area contributed by atoms with Gasteiger partial charge in [0.25, 0.3) is 0 Å². The predicted octanol–water partition coefficient (Wildman–Crippen LogP) is 0.804. The molecule has 4 aliphatic rings. The van der Waals surface area contributed by atoms with E-state index in [0.717, 1.165) is 16.7 Å². The van der Waals surface area contributed by atoms with Gasteiger partial charge in [-0.2, -0.15) is 5.06 Å². The van der Waals surface area contributed by atoms with Crippen molar-refractivity contribution in [3.8, 4) is 5.75 Å². The van der Waals surface area contributed by atoms with Gasteiger partial charge in [0.1, 0.15) is 42.4 Å². The van der Waals surface area contributed by atoms with Crippen LogP contribution in [0.5, 0.6) is 5.75 Å². The summed E-state index contributed by atoms with van der Waals surface area (Å²) < 4.78 is 17.4. The molecule has 2 amide bonds. The Kier molecular flexibility index (Phi) is 8.46. The molecule has 3 saturated heterocycles. The van der Waals surface area contributed by atoms with Gasteiger partial charge in [-0.3, -0.25) is 19.2 Å². The van der Waals surface area contributed by atoms with Gasteiger partial charge in [0.15, 0.2) is 6.04 Å². The molecule has 3 aliphatic heterocycles. The van der Waals surface area contributed by atoms with Gasteiger partial charge in [0.05, 0.1) is 13.2 Å². The summed E-state index contributed by atoms with van der Waals surface area (Å²) in [5, 5.41) is 26.0. The van der Waals surface area contributed by atoms with Crippen LogP contribution in [0, 0.1) is 5.41 Å². The highest BCUT2D eigenvalue weighted by Gasteiger charge is 2.74. The number of hydroxylamine groups is 2. The van der Waals surface area contributed by atoms with Crippen LogP contribution in [0.15, 0.2) is 54.6 Å². The van der Waals surface area contributed by atoms with Gasteiger partial charge < -0.3 is 35.1 Å². The number of rotatable bonds is 11. The third-order valence-electron chi connectivity index (χ3n) is 8.57. The number of allylic oxidation sites excluding steroid dienone is 1. The molecule has 0 radical (unpaired) electrons. The number of carbonyl (C=O) groups excluding carboxylic acids is 3. The fourth-order valence-corrected chi connectivity index (χ4v) is 6.58. The second-order valence-corrected chi connectivity index (χ2v) is 11.1. The van der Waals surface area contributed by atoms with E-state index in [-0.39, 0.29) is 57.5 Å². The minimum absolute atomic E-state index is 0.00122.